The van der Waals surface area contributed by atoms with Crippen LogP contribution in [0.1, 0.15) is 13.3 Å². The van der Waals surface area contributed by atoms with Crippen molar-refractivity contribution in [3.63, 3.8) is 0 Å². The summed E-state index contributed by atoms with van der Waals surface area (Å²) in [5.41, 5.74) is 5.42. The summed E-state index contributed by atoms with van der Waals surface area (Å²) < 4.78 is 5.84. The van der Waals surface area contributed by atoms with Crippen molar-refractivity contribution in [1.29, 1.82) is 0 Å². The number of rotatable bonds is 5. The maximum Gasteiger partial charge on any atom is 0.119 e. The largest absolute Gasteiger partial charge is 0.494 e. The molecule has 30 heavy (non-hydrogen) atoms. The number of fused-ring (bicyclic) bond motifs is 2. The molecule has 0 atom stereocenters. The molecule has 2 heteroatoms. The van der Waals surface area contributed by atoms with Crippen LogP contribution in [0.25, 0.3) is 44.1 Å². The molecule has 0 aliphatic heterocycles. The molecule has 0 radical (unpaired) electrons. The quantitative estimate of drug-likeness (QED) is 0.310. The molecule has 0 fully saturated rings. The second-order valence-corrected chi connectivity index (χ2v) is 7.51. The minimum absolute atomic E-state index is 0.719. The summed E-state index contributed by atoms with van der Waals surface area (Å²) in [6, 6.07) is 33.9. The van der Waals surface area contributed by atoms with E-state index >= 15 is 0 Å². The van der Waals surface area contributed by atoms with E-state index in [9.17, 15) is 0 Å². The predicted octanol–water partition coefficient (Wildman–Crippen LogP) is 7.51. The maximum atomic E-state index is 5.84. The molecule has 0 spiro atoms. The maximum absolute atomic E-state index is 5.84. The Kier molecular flexibility index (Phi) is 4.90. The van der Waals surface area contributed by atoms with Crippen molar-refractivity contribution in [3.8, 4) is 28.1 Å². The lowest BCUT2D eigenvalue weighted by Gasteiger charge is -2.12. The molecule has 0 aliphatic rings. The smallest absolute Gasteiger partial charge is 0.119 e. The molecule has 2 nitrogen and oxygen atoms in total. The van der Waals surface area contributed by atoms with Gasteiger partial charge >= 0.3 is 0 Å². The molecule has 0 amide bonds. The molecule has 5 aromatic rings. The van der Waals surface area contributed by atoms with E-state index < -0.39 is 0 Å². The van der Waals surface area contributed by atoms with Gasteiger partial charge in [-0.25, -0.2) is 4.98 Å². The van der Waals surface area contributed by atoms with Gasteiger partial charge in [-0.05, 0) is 58.7 Å². The molecular weight excluding hydrogens is 366 g/mol. The summed E-state index contributed by atoms with van der Waals surface area (Å²) in [6.07, 6.45) is 0.991. The highest BCUT2D eigenvalue weighted by Gasteiger charge is 2.11. The predicted molar refractivity (Wildman–Crippen MR) is 126 cm³/mol. The van der Waals surface area contributed by atoms with E-state index in [0.29, 0.717) is 0 Å². The minimum atomic E-state index is 0.719. The van der Waals surface area contributed by atoms with Crippen molar-refractivity contribution >= 4 is 21.7 Å². The van der Waals surface area contributed by atoms with Gasteiger partial charge in [0, 0.05) is 10.9 Å². The summed E-state index contributed by atoms with van der Waals surface area (Å²) in [6.45, 7) is 2.83. The Hall–Kier alpha value is -3.65. The molecule has 4 aromatic carbocycles. The van der Waals surface area contributed by atoms with Crippen LogP contribution in [0.15, 0.2) is 97.1 Å². The van der Waals surface area contributed by atoms with Gasteiger partial charge in [0.05, 0.1) is 17.8 Å². The van der Waals surface area contributed by atoms with Crippen LogP contribution >= 0.6 is 0 Å². The average molecular weight is 389 g/mol. The Morgan fingerprint density at radius 2 is 1.53 bits per heavy atom. The van der Waals surface area contributed by atoms with Crippen molar-refractivity contribution in [2.75, 3.05) is 6.61 Å². The highest BCUT2D eigenvalue weighted by atomic mass is 16.5. The highest BCUT2D eigenvalue weighted by molar-refractivity contribution is 5.99. The fourth-order valence-corrected chi connectivity index (χ4v) is 3.88. The molecular formula is C28H23NO. The lowest BCUT2D eigenvalue weighted by Crippen LogP contribution is -1.95. The molecule has 146 valence electrons. The van der Waals surface area contributed by atoms with E-state index in [1.807, 2.05) is 18.2 Å². The molecule has 0 aliphatic carbocycles. The number of ether oxygens (including phenoxy) is 1. The van der Waals surface area contributed by atoms with Crippen LogP contribution in [0.4, 0.5) is 0 Å². The third kappa shape index (κ3) is 3.53. The van der Waals surface area contributed by atoms with Crippen molar-refractivity contribution in [2.45, 2.75) is 13.3 Å². The van der Waals surface area contributed by atoms with Gasteiger partial charge in [0.1, 0.15) is 5.75 Å². The van der Waals surface area contributed by atoms with Gasteiger partial charge < -0.3 is 4.74 Å². The Bertz CT molecular complexity index is 1340. The van der Waals surface area contributed by atoms with Crippen molar-refractivity contribution in [3.05, 3.63) is 97.1 Å². The van der Waals surface area contributed by atoms with Crippen molar-refractivity contribution < 1.29 is 4.74 Å². The first kappa shape index (κ1) is 18.4. The monoisotopic (exact) mass is 389 g/mol. The summed E-state index contributed by atoms with van der Waals surface area (Å²) in [4.78, 5) is 4.96. The lowest BCUT2D eigenvalue weighted by molar-refractivity contribution is 0.317. The van der Waals surface area contributed by atoms with Gasteiger partial charge in [-0.1, -0.05) is 73.7 Å². The first-order chi connectivity index (χ1) is 14.8. The van der Waals surface area contributed by atoms with Gasteiger partial charge in [0.25, 0.3) is 0 Å². The molecule has 0 bridgehead atoms. The van der Waals surface area contributed by atoms with E-state index in [1.165, 1.54) is 21.9 Å². The zero-order valence-electron chi connectivity index (χ0n) is 17.0. The number of benzene rings is 4. The molecule has 1 aromatic heterocycles. The summed E-state index contributed by atoms with van der Waals surface area (Å²) in [5.74, 6) is 0.886. The fraction of sp³-hybridized carbons (Fsp3) is 0.107. The zero-order valence-corrected chi connectivity index (χ0v) is 17.0. The first-order valence-electron chi connectivity index (χ1n) is 10.4. The molecule has 0 N–H and O–H groups in total. The second kappa shape index (κ2) is 8.00. The Balaban J connectivity index is 1.68. The third-order valence-corrected chi connectivity index (χ3v) is 5.38. The van der Waals surface area contributed by atoms with Gasteiger partial charge in [0.15, 0.2) is 0 Å². The van der Waals surface area contributed by atoms with Crippen LogP contribution in [0, 0.1) is 0 Å². The number of para-hydroxylation sites is 1. The van der Waals surface area contributed by atoms with E-state index in [0.717, 1.165) is 40.9 Å². The van der Waals surface area contributed by atoms with Gasteiger partial charge in [-0.15, -0.1) is 0 Å². The SMILES string of the molecule is CCCOc1cccc(-c2cc(-c3ccc4ccccc4c3)c3ccccc3n2)c1. The van der Waals surface area contributed by atoms with Gasteiger partial charge in [0.2, 0.25) is 0 Å². The van der Waals surface area contributed by atoms with E-state index in [2.05, 4.69) is 85.8 Å². The number of nitrogens with zero attached hydrogens (tertiary/aromatic N) is 1. The Morgan fingerprint density at radius 3 is 2.43 bits per heavy atom. The zero-order chi connectivity index (χ0) is 20.3. The molecule has 0 unspecified atom stereocenters. The molecule has 0 saturated carbocycles. The fourth-order valence-electron chi connectivity index (χ4n) is 3.88. The number of aromatic nitrogens is 1. The topological polar surface area (TPSA) is 22.1 Å². The molecule has 0 saturated heterocycles. The van der Waals surface area contributed by atoms with Gasteiger partial charge in [-0.2, -0.15) is 0 Å². The Labute approximate surface area is 176 Å². The van der Waals surface area contributed by atoms with Crippen LogP contribution in [-0.4, -0.2) is 11.6 Å². The van der Waals surface area contributed by atoms with E-state index in [-0.39, 0.29) is 0 Å². The number of pyridine rings is 1. The van der Waals surface area contributed by atoms with Crippen LogP contribution < -0.4 is 4.74 Å². The van der Waals surface area contributed by atoms with Crippen LogP contribution in [0.2, 0.25) is 0 Å². The number of hydrogen-bond donors (Lipinski definition) is 0. The summed E-state index contributed by atoms with van der Waals surface area (Å²) in [7, 11) is 0. The minimum Gasteiger partial charge on any atom is -0.494 e. The average Bonchev–Trinajstić information content (AvgIpc) is 2.82. The summed E-state index contributed by atoms with van der Waals surface area (Å²) >= 11 is 0. The van der Waals surface area contributed by atoms with Crippen LogP contribution in [0.5, 0.6) is 5.75 Å². The van der Waals surface area contributed by atoms with Crippen LogP contribution in [-0.2, 0) is 0 Å². The normalized spacial score (nSPS) is 11.1. The third-order valence-electron chi connectivity index (χ3n) is 5.38. The molecule has 5 rings (SSSR count). The molecule has 1 heterocycles. The lowest BCUT2D eigenvalue weighted by atomic mass is 9.96. The van der Waals surface area contributed by atoms with Crippen molar-refractivity contribution in [2.24, 2.45) is 0 Å². The second-order valence-electron chi connectivity index (χ2n) is 7.51. The Morgan fingerprint density at radius 1 is 0.700 bits per heavy atom. The van der Waals surface area contributed by atoms with Gasteiger partial charge in [-0.3, -0.25) is 0 Å². The number of hydrogen-bond acceptors (Lipinski definition) is 2. The standard InChI is InChI=1S/C28H23NO/c1-2-16-30-24-11-7-10-23(18-24)28-19-26(25-12-5-6-13-27(25)29-28)22-15-14-20-8-3-4-9-21(20)17-22/h3-15,17-19H,2,16H2,1H3. The first-order valence-corrected chi connectivity index (χ1v) is 10.4. The van der Waals surface area contributed by atoms with E-state index in [1.54, 1.807) is 0 Å². The highest BCUT2D eigenvalue weighted by Crippen LogP contribution is 2.34. The van der Waals surface area contributed by atoms with E-state index in [4.69, 9.17) is 9.72 Å². The summed E-state index contributed by atoms with van der Waals surface area (Å²) in [5, 5.41) is 3.66. The van der Waals surface area contributed by atoms with Crippen molar-refractivity contribution in [1.82, 2.24) is 4.98 Å². The van der Waals surface area contributed by atoms with Crippen LogP contribution in [0.3, 0.4) is 0 Å².